The molecule has 1 unspecified atom stereocenters. The topological polar surface area (TPSA) is 56.7 Å². The van der Waals surface area contributed by atoms with Crippen LogP contribution in [-0.4, -0.2) is 37.3 Å². The van der Waals surface area contributed by atoms with E-state index in [1.54, 1.807) is 12.1 Å². The first-order valence-electron chi connectivity index (χ1n) is 8.57. The van der Waals surface area contributed by atoms with Gasteiger partial charge in [0.15, 0.2) is 5.96 Å². The summed E-state index contributed by atoms with van der Waals surface area (Å²) in [5, 5.41) is 15.7. The van der Waals surface area contributed by atoms with Crippen LogP contribution >= 0.6 is 24.0 Å². The number of aliphatic hydroxyl groups is 1. The number of benzene rings is 1. The molecule has 0 radical (unpaired) electrons. The molecule has 1 aromatic carbocycles. The zero-order valence-corrected chi connectivity index (χ0v) is 17.1. The number of rotatable bonds is 10. The molecule has 1 rings (SSSR count). The molecule has 4 nitrogen and oxygen atoms in total. The molecule has 0 aliphatic carbocycles. The fraction of sp³-hybridized carbons (Fsp3) is 0.611. The first-order valence-corrected chi connectivity index (χ1v) is 8.57. The molecule has 0 spiro atoms. The number of nitrogens with one attached hydrogen (secondary N) is 2. The average molecular weight is 451 g/mol. The monoisotopic (exact) mass is 451 g/mol. The highest BCUT2D eigenvalue weighted by Gasteiger charge is 2.07. The van der Waals surface area contributed by atoms with Crippen molar-refractivity contribution in [3.05, 3.63) is 35.6 Å². The fourth-order valence-corrected chi connectivity index (χ4v) is 2.46. The lowest BCUT2D eigenvalue weighted by Gasteiger charge is -2.15. The number of halogens is 2. The Balaban J connectivity index is 0.00000529. The van der Waals surface area contributed by atoms with Crippen LogP contribution in [0.15, 0.2) is 29.3 Å². The third-order valence-electron chi connectivity index (χ3n) is 3.71. The Morgan fingerprint density at radius 1 is 1.17 bits per heavy atom. The molecule has 0 amide bonds. The number of nitrogens with zero attached hydrogens (tertiary/aromatic N) is 1. The van der Waals surface area contributed by atoms with Crippen molar-refractivity contribution in [2.45, 2.75) is 39.5 Å². The Bertz CT molecular complexity index is 448. The van der Waals surface area contributed by atoms with Crippen molar-refractivity contribution in [3.63, 3.8) is 0 Å². The first-order chi connectivity index (χ1) is 11.2. The standard InChI is InChI=1S/C18H30FN3O.HI/c1-3-5-16(11-13-23)14-22-18(20-4-2)21-12-10-15-6-8-17(19)9-7-15;/h6-9,16,23H,3-5,10-14H2,1-2H3,(H2,20,21,22);1H. The van der Waals surface area contributed by atoms with Crippen LogP contribution in [0.2, 0.25) is 0 Å². The summed E-state index contributed by atoms with van der Waals surface area (Å²) in [6.07, 6.45) is 3.81. The summed E-state index contributed by atoms with van der Waals surface area (Å²) in [7, 11) is 0. The minimum Gasteiger partial charge on any atom is -0.396 e. The van der Waals surface area contributed by atoms with Crippen LogP contribution in [0.5, 0.6) is 0 Å². The van der Waals surface area contributed by atoms with E-state index >= 15 is 0 Å². The van der Waals surface area contributed by atoms with Gasteiger partial charge in [0.1, 0.15) is 5.82 Å². The van der Waals surface area contributed by atoms with E-state index in [1.165, 1.54) is 12.1 Å². The van der Waals surface area contributed by atoms with E-state index in [1.807, 2.05) is 6.92 Å². The minimum absolute atomic E-state index is 0. The SMILES string of the molecule is CCCC(CCO)CN=C(NCC)NCCc1ccc(F)cc1.I. The van der Waals surface area contributed by atoms with E-state index in [4.69, 9.17) is 5.11 Å². The van der Waals surface area contributed by atoms with Crippen LogP contribution < -0.4 is 10.6 Å². The Morgan fingerprint density at radius 3 is 2.46 bits per heavy atom. The van der Waals surface area contributed by atoms with Gasteiger partial charge in [0, 0.05) is 26.2 Å². The second-order valence-electron chi connectivity index (χ2n) is 5.69. The van der Waals surface area contributed by atoms with Gasteiger partial charge in [0.2, 0.25) is 0 Å². The summed E-state index contributed by atoms with van der Waals surface area (Å²) < 4.78 is 12.9. The van der Waals surface area contributed by atoms with Crippen molar-refractivity contribution >= 4 is 29.9 Å². The van der Waals surface area contributed by atoms with Crippen LogP contribution in [-0.2, 0) is 6.42 Å². The van der Waals surface area contributed by atoms with Gasteiger partial charge in [-0.15, -0.1) is 24.0 Å². The molecule has 0 aliphatic heterocycles. The smallest absolute Gasteiger partial charge is 0.191 e. The van der Waals surface area contributed by atoms with Gasteiger partial charge >= 0.3 is 0 Å². The first kappa shape index (κ1) is 23.1. The van der Waals surface area contributed by atoms with E-state index in [0.717, 1.165) is 56.8 Å². The number of hydrogen-bond acceptors (Lipinski definition) is 2. The van der Waals surface area contributed by atoms with Gasteiger partial charge in [-0.1, -0.05) is 25.5 Å². The molecular formula is C18H31FIN3O. The molecule has 0 fully saturated rings. The maximum absolute atomic E-state index is 12.9. The van der Waals surface area contributed by atoms with Crippen LogP contribution in [0.25, 0.3) is 0 Å². The predicted octanol–water partition coefficient (Wildman–Crippen LogP) is 3.34. The summed E-state index contributed by atoms with van der Waals surface area (Å²) in [4.78, 5) is 4.62. The third kappa shape index (κ3) is 10.1. The largest absolute Gasteiger partial charge is 0.396 e. The highest BCUT2D eigenvalue weighted by atomic mass is 127. The van der Waals surface area contributed by atoms with Crippen LogP contribution in [0.3, 0.4) is 0 Å². The molecule has 0 saturated carbocycles. The number of guanidine groups is 1. The second-order valence-corrected chi connectivity index (χ2v) is 5.69. The summed E-state index contributed by atoms with van der Waals surface area (Å²) in [5.74, 6) is 1.02. The summed E-state index contributed by atoms with van der Waals surface area (Å²) in [5.41, 5.74) is 1.10. The van der Waals surface area contributed by atoms with E-state index in [0.29, 0.717) is 5.92 Å². The van der Waals surface area contributed by atoms with Gasteiger partial charge in [-0.05, 0) is 49.8 Å². The van der Waals surface area contributed by atoms with E-state index in [2.05, 4.69) is 22.5 Å². The predicted molar refractivity (Wildman–Crippen MR) is 110 cm³/mol. The minimum atomic E-state index is -0.206. The quantitative estimate of drug-likeness (QED) is 0.291. The van der Waals surface area contributed by atoms with Crippen molar-refractivity contribution in [1.29, 1.82) is 0 Å². The lowest BCUT2D eigenvalue weighted by Crippen LogP contribution is -2.38. The normalized spacial score (nSPS) is 12.4. The van der Waals surface area contributed by atoms with E-state index in [9.17, 15) is 4.39 Å². The van der Waals surface area contributed by atoms with Crippen molar-refractivity contribution in [2.75, 3.05) is 26.2 Å². The van der Waals surface area contributed by atoms with Crippen LogP contribution in [0.4, 0.5) is 4.39 Å². The highest BCUT2D eigenvalue weighted by Crippen LogP contribution is 2.11. The summed E-state index contributed by atoms with van der Waals surface area (Å²) in [6.45, 7) is 6.68. The van der Waals surface area contributed by atoms with Gasteiger partial charge in [-0.2, -0.15) is 0 Å². The van der Waals surface area contributed by atoms with Crippen molar-refractivity contribution in [2.24, 2.45) is 10.9 Å². The van der Waals surface area contributed by atoms with E-state index < -0.39 is 0 Å². The molecule has 6 heteroatoms. The van der Waals surface area contributed by atoms with Gasteiger partial charge < -0.3 is 15.7 Å². The zero-order valence-electron chi connectivity index (χ0n) is 14.7. The Labute approximate surface area is 162 Å². The molecule has 3 N–H and O–H groups in total. The Hall–Kier alpha value is -0.890. The summed E-state index contributed by atoms with van der Waals surface area (Å²) in [6, 6.07) is 6.58. The van der Waals surface area contributed by atoms with Gasteiger partial charge in [0.05, 0.1) is 0 Å². The van der Waals surface area contributed by atoms with Gasteiger partial charge in [-0.3, -0.25) is 4.99 Å². The molecule has 1 aromatic rings. The maximum Gasteiger partial charge on any atom is 0.191 e. The van der Waals surface area contributed by atoms with Crippen molar-refractivity contribution in [1.82, 2.24) is 10.6 Å². The van der Waals surface area contributed by atoms with Crippen molar-refractivity contribution in [3.8, 4) is 0 Å². The van der Waals surface area contributed by atoms with Crippen molar-refractivity contribution < 1.29 is 9.50 Å². The number of hydrogen-bond donors (Lipinski definition) is 3. The molecule has 0 heterocycles. The molecular weight excluding hydrogens is 420 g/mol. The average Bonchev–Trinajstić information content (AvgIpc) is 2.54. The molecule has 24 heavy (non-hydrogen) atoms. The Kier molecular flexibility index (Phi) is 13.9. The lowest BCUT2D eigenvalue weighted by atomic mass is 10.0. The molecule has 0 aliphatic rings. The van der Waals surface area contributed by atoms with Gasteiger partial charge in [0.25, 0.3) is 0 Å². The number of aliphatic hydroxyl groups excluding tert-OH is 1. The van der Waals surface area contributed by atoms with Gasteiger partial charge in [-0.25, -0.2) is 4.39 Å². The Morgan fingerprint density at radius 2 is 1.88 bits per heavy atom. The maximum atomic E-state index is 12.9. The highest BCUT2D eigenvalue weighted by molar-refractivity contribution is 14.0. The zero-order chi connectivity index (χ0) is 16.9. The third-order valence-corrected chi connectivity index (χ3v) is 3.71. The molecule has 138 valence electrons. The van der Waals surface area contributed by atoms with Crippen LogP contribution in [0.1, 0.15) is 38.7 Å². The second kappa shape index (κ2) is 14.5. The molecule has 0 bridgehead atoms. The van der Waals surface area contributed by atoms with Crippen LogP contribution in [0, 0.1) is 11.7 Å². The molecule has 1 atom stereocenters. The van der Waals surface area contributed by atoms with E-state index in [-0.39, 0.29) is 36.4 Å². The summed E-state index contributed by atoms with van der Waals surface area (Å²) >= 11 is 0. The lowest BCUT2D eigenvalue weighted by molar-refractivity contribution is 0.253. The molecule has 0 saturated heterocycles. The molecule has 0 aromatic heterocycles. The number of aliphatic imine (C=N–C) groups is 1. The fourth-order valence-electron chi connectivity index (χ4n) is 2.46.